The van der Waals surface area contributed by atoms with Crippen molar-refractivity contribution in [1.29, 1.82) is 0 Å². The standard InChI is InChI=1S/C12H15N5O/c1-9-6-10(12(18)15-5-4-13)2-3-11(9)17-8-14-7-16-17/h2-3,6-8H,4-5,13H2,1H3,(H,15,18). The van der Waals surface area contributed by atoms with Gasteiger partial charge in [0.1, 0.15) is 12.7 Å². The minimum atomic E-state index is -0.117. The summed E-state index contributed by atoms with van der Waals surface area (Å²) in [5.41, 5.74) is 7.82. The molecule has 0 radical (unpaired) electrons. The molecule has 1 heterocycles. The van der Waals surface area contributed by atoms with Gasteiger partial charge >= 0.3 is 0 Å². The maximum absolute atomic E-state index is 11.8. The average molecular weight is 245 g/mol. The normalized spacial score (nSPS) is 10.3. The van der Waals surface area contributed by atoms with Crippen molar-refractivity contribution in [1.82, 2.24) is 20.1 Å². The number of nitrogens with two attached hydrogens (primary N) is 1. The van der Waals surface area contributed by atoms with Crippen LogP contribution < -0.4 is 11.1 Å². The first-order valence-electron chi connectivity index (χ1n) is 5.66. The summed E-state index contributed by atoms with van der Waals surface area (Å²) in [6, 6.07) is 5.43. The zero-order valence-corrected chi connectivity index (χ0v) is 10.1. The van der Waals surface area contributed by atoms with E-state index in [-0.39, 0.29) is 5.91 Å². The van der Waals surface area contributed by atoms with Gasteiger partial charge in [0, 0.05) is 18.7 Å². The van der Waals surface area contributed by atoms with Crippen molar-refractivity contribution in [2.75, 3.05) is 13.1 Å². The summed E-state index contributed by atoms with van der Waals surface area (Å²) < 4.78 is 1.66. The van der Waals surface area contributed by atoms with Crippen LogP contribution in [-0.2, 0) is 0 Å². The topological polar surface area (TPSA) is 85.8 Å². The van der Waals surface area contributed by atoms with Gasteiger partial charge in [0.15, 0.2) is 0 Å². The molecule has 2 aromatic rings. The number of benzene rings is 1. The largest absolute Gasteiger partial charge is 0.351 e. The molecule has 0 fully saturated rings. The van der Waals surface area contributed by atoms with Gasteiger partial charge in [0.25, 0.3) is 5.91 Å². The molecule has 0 atom stereocenters. The zero-order chi connectivity index (χ0) is 13.0. The molecule has 3 N–H and O–H groups in total. The monoisotopic (exact) mass is 245 g/mol. The highest BCUT2D eigenvalue weighted by Crippen LogP contribution is 2.14. The third kappa shape index (κ3) is 2.54. The van der Waals surface area contributed by atoms with E-state index in [1.807, 2.05) is 19.1 Å². The fourth-order valence-corrected chi connectivity index (χ4v) is 1.67. The molecule has 0 unspecified atom stereocenters. The number of nitrogens with one attached hydrogen (secondary N) is 1. The summed E-state index contributed by atoms with van der Waals surface area (Å²) >= 11 is 0. The summed E-state index contributed by atoms with van der Waals surface area (Å²) in [6.07, 6.45) is 3.10. The van der Waals surface area contributed by atoms with Crippen molar-refractivity contribution in [3.63, 3.8) is 0 Å². The van der Waals surface area contributed by atoms with E-state index in [0.29, 0.717) is 18.7 Å². The molecule has 0 aliphatic heterocycles. The van der Waals surface area contributed by atoms with Gasteiger partial charge < -0.3 is 11.1 Å². The van der Waals surface area contributed by atoms with Gasteiger partial charge in [-0.3, -0.25) is 4.79 Å². The number of aromatic nitrogens is 3. The highest BCUT2D eigenvalue weighted by Gasteiger charge is 2.08. The average Bonchev–Trinajstić information content (AvgIpc) is 2.89. The molecule has 0 aliphatic carbocycles. The Labute approximate surface area is 105 Å². The van der Waals surface area contributed by atoms with E-state index >= 15 is 0 Å². The molecule has 0 aliphatic rings. The van der Waals surface area contributed by atoms with Crippen LogP contribution in [0.1, 0.15) is 15.9 Å². The lowest BCUT2D eigenvalue weighted by atomic mass is 10.1. The molecule has 1 aromatic carbocycles. The first-order valence-corrected chi connectivity index (χ1v) is 5.66. The Morgan fingerprint density at radius 1 is 1.50 bits per heavy atom. The minimum absolute atomic E-state index is 0.117. The molecule has 2 rings (SSSR count). The smallest absolute Gasteiger partial charge is 0.251 e. The van der Waals surface area contributed by atoms with Gasteiger partial charge in [0.2, 0.25) is 0 Å². The molecule has 0 spiro atoms. The van der Waals surface area contributed by atoms with Crippen LogP contribution in [-0.4, -0.2) is 33.8 Å². The first-order chi connectivity index (χ1) is 8.72. The second kappa shape index (κ2) is 5.42. The third-order valence-electron chi connectivity index (χ3n) is 2.55. The van der Waals surface area contributed by atoms with E-state index in [0.717, 1.165) is 11.3 Å². The molecule has 6 nitrogen and oxygen atoms in total. The molecule has 0 saturated carbocycles. The van der Waals surface area contributed by atoms with Gasteiger partial charge in [-0.05, 0) is 30.7 Å². The summed E-state index contributed by atoms with van der Waals surface area (Å²) in [6.45, 7) is 2.83. The van der Waals surface area contributed by atoms with Gasteiger partial charge in [-0.2, -0.15) is 5.10 Å². The van der Waals surface area contributed by atoms with Crippen LogP contribution in [0, 0.1) is 6.92 Å². The zero-order valence-electron chi connectivity index (χ0n) is 10.1. The molecular formula is C12H15N5O. The second-order valence-corrected chi connectivity index (χ2v) is 3.89. The number of carbonyl (C=O) groups excluding carboxylic acids is 1. The first kappa shape index (κ1) is 12.3. The van der Waals surface area contributed by atoms with Crippen LogP contribution in [0.25, 0.3) is 5.69 Å². The Balaban J connectivity index is 2.22. The van der Waals surface area contributed by atoms with Crippen molar-refractivity contribution in [2.24, 2.45) is 5.73 Å². The molecular weight excluding hydrogens is 230 g/mol. The van der Waals surface area contributed by atoms with Gasteiger partial charge in [-0.15, -0.1) is 0 Å². The van der Waals surface area contributed by atoms with Crippen LogP contribution in [0.15, 0.2) is 30.9 Å². The van der Waals surface area contributed by atoms with E-state index < -0.39 is 0 Å². The van der Waals surface area contributed by atoms with Gasteiger partial charge in [0.05, 0.1) is 5.69 Å². The van der Waals surface area contributed by atoms with Crippen molar-refractivity contribution in [2.45, 2.75) is 6.92 Å². The maximum atomic E-state index is 11.8. The highest BCUT2D eigenvalue weighted by molar-refractivity contribution is 5.94. The number of rotatable bonds is 4. The molecule has 94 valence electrons. The Morgan fingerprint density at radius 2 is 2.33 bits per heavy atom. The second-order valence-electron chi connectivity index (χ2n) is 3.89. The molecule has 6 heteroatoms. The summed E-state index contributed by atoms with van der Waals surface area (Å²) in [5.74, 6) is -0.117. The lowest BCUT2D eigenvalue weighted by Crippen LogP contribution is -2.29. The Hall–Kier alpha value is -2.21. The van der Waals surface area contributed by atoms with Gasteiger partial charge in [-0.1, -0.05) is 0 Å². The van der Waals surface area contributed by atoms with Crippen molar-refractivity contribution < 1.29 is 4.79 Å². The lowest BCUT2D eigenvalue weighted by molar-refractivity contribution is 0.0954. The number of hydrogen-bond acceptors (Lipinski definition) is 4. The van der Waals surface area contributed by atoms with E-state index in [4.69, 9.17) is 5.73 Å². The fourth-order valence-electron chi connectivity index (χ4n) is 1.67. The van der Waals surface area contributed by atoms with Crippen LogP contribution in [0.2, 0.25) is 0 Å². The predicted octanol–water partition coefficient (Wildman–Crippen LogP) is 0.264. The van der Waals surface area contributed by atoms with Crippen LogP contribution >= 0.6 is 0 Å². The predicted molar refractivity (Wildman–Crippen MR) is 67.5 cm³/mol. The number of nitrogens with zero attached hydrogens (tertiary/aromatic N) is 3. The Bertz CT molecular complexity index is 535. The highest BCUT2D eigenvalue weighted by atomic mass is 16.1. The fraction of sp³-hybridized carbons (Fsp3) is 0.250. The van der Waals surface area contributed by atoms with Crippen LogP contribution in [0.4, 0.5) is 0 Å². The van der Waals surface area contributed by atoms with Crippen molar-refractivity contribution in [3.05, 3.63) is 42.0 Å². The van der Waals surface area contributed by atoms with E-state index in [1.165, 1.54) is 6.33 Å². The SMILES string of the molecule is Cc1cc(C(=O)NCCN)ccc1-n1cncn1. The van der Waals surface area contributed by atoms with Gasteiger partial charge in [-0.25, -0.2) is 9.67 Å². The quantitative estimate of drug-likeness (QED) is 0.809. The third-order valence-corrected chi connectivity index (χ3v) is 2.55. The molecule has 18 heavy (non-hydrogen) atoms. The summed E-state index contributed by atoms with van der Waals surface area (Å²) in [7, 11) is 0. The molecule has 1 amide bonds. The van der Waals surface area contributed by atoms with E-state index in [1.54, 1.807) is 17.1 Å². The number of hydrogen-bond donors (Lipinski definition) is 2. The van der Waals surface area contributed by atoms with Crippen LogP contribution in [0.3, 0.4) is 0 Å². The van der Waals surface area contributed by atoms with Crippen molar-refractivity contribution in [3.8, 4) is 5.69 Å². The lowest BCUT2D eigenvalue weighted by Gasteiger charge is -2.08. The Kier molecular flexibility index (Phi) is 3.69. The summed E-state index contributed by atoms with van der Waals surface area (Å²) in [5, 5.41) is 6.79. The minimum Gasteiger partial charge on any atom is -0.351 e. The molecule has 0 saturated heterocycles. The maximum Gasteiger partial charge on any atom is 0.251 e. The van der Waals surface area contributed by atoms with E-state index in [9.17, 15) is 4.79 Å². The summed E-state index contributed by atoms with van der Waals surface area (Å²) in [4.78, 5) is 15.6. The van der Waals surface area contributed by atoms with Crippen molar-refractivity contribution >= 4 is 5.91 Å². The van der Waals surface area contributed by atoms with E-state index in [2.05, 4.69) is 15.4 Å². The number of amides is 1. The molecule has 0 bridgehead atoms. The number of carbonyl (C=O) groups is 1. The number of aryl methyl sites for hydroxylation is 1. The van der Waals surface area contributed by atoms with Crippen LogP contribution in [0.5, 0.6) is 0 Å². The Morgan fingerprint density at radius 3 is 2.94 bits per heavy atom. The molecule has 1 aromatic heterocycles.